The minimum Gasteiger partial charge on any atom is -0.381 e. The lowest BCUT2D eigenvalue weighted by Gasteiger charge is -2.19. The summed E-state index contributed by atoms with van der Waals surface area (Å²) in [5, 5.41) is 3.65. The third kappa shape index (κ3) is 5.25. The number of hydrogen-bond acceptors (Lipinski definition) is 2. The van der Waals surface area contributed by atoms with Crippen molar-refractivity contribution in [2.24, 2.45) is 0 Å². The topological polar surface area (TPSA) is 21.3 Å². The molecule has 1 fully saturated rings. The second-order valence-electron chi connectivity index (χ2n) is 5.30. The largest absolute Gasteiger partial charge is 0.381 e. The van der Waals surface area contributed by atoms with Crippen LogP contribution in [0, 0.1) is 0 Å². The zero-order valence-corrected chi connectivity index (χ0v) is 13.3. The van der Waals surface area contributed by atoms with Crippen molar-refractivity contribution in [1.82, 2.24) is 5.32 Å². The van der Waals surface area contributed by atoms with E-state index in [4.69, 9.17) is 4.74 Å². The van der Waals surface area contributed by atoms with E-state index in [9.17, 15) is 0 Å². The molecule has 0 aliphatic heterocycles. The van der Waals surface area contributed by atoms with E-state index in [0.29, 0.717) is 5.92 Å². The summed E-state index contributed by atoms with van der Waals surface area (Å²) in [7, 11) is 0. The van der Waals surface area contributed by atoms with Crippen molar-refractivity contribution in [2.75, 3.05) is 19.8 Å². The molecule has 1 unspecified atom stereocenters. The van der Waals surface area contributed by atoms with Crippen LogP contribution in [0.3, 0.4) is 0 Å². The van der Waals surface area contributed by atoms with Gasteiger partial charge in [-0.2, -0.15) is 0 Å². The summed E-state index contributed by atoms with van der Waals surface area (Å²) in [6.07, 6.45) is 4.87. The summed E-state index contributed by atoms with van der Waals surface area (Å²) in [6, 6.07) is 9.32. The Morgan fingerprint density at radius 1 is 1.32 bits per heavy atom. The summed E-state index contributed by atoms with van der Waals surface area (Å²) >= 11 is 3.67. The van der Waals surface area contributed by atoms with Crippen LogP contribution in [0.5, 0.6) is 0 Å². The molecule has 1 N–H and O–H groups in total. The fourth-order valence-electron chi connectivity index (χ4n) is 2.24. The third-order valence-electron chi connectivity index (χ3n) is 3.53. The van der Waals surface area contributed by atoms with Crippen molar-refractivity contribution in [2.45, 2.75) is 44.6 Å². The van der Waals surface area contributed by atoms with E-state index in [1.165, 1.54) is 22.9 Å². The van der Waals surface area contributed by atoms with Crippen LogP contribution >= 0.6 is 15.9 Å². The molecule has 1 saturated carbocycles. The summed E-state index contributed by atoms with van der Waals surface area (Å²) < 4.78 is 6.87. The van der Waals surface area contributed by atoms with Crippen LogP contribution in [0.4, 0.5) is 0 Å². The van der Waals surface area contributed by atoms with E-state index in [-0.39, 0.29) is 0 Å². The van der Waals surface area contributed by atoms with Gasteiger partial charge in [-0.1, -0.05) is 41.1 Å². The van der Waals surface area contributed by atoms with Crippen molar-refractivity contribution in [3.05, 3.63) is 34.3 Å². The van der Waals surface area contributed by atoms with Crippen LogP contribution in [-0.2, 0) is 4.74 Å². The van der Waals surface area contributed by atoms with E-state index in [1.54, 1.807) is 0 Å². The van der Waals surface area contributed by atoms with Gasteiger partial charge < -0.3 is 10.1 Å². The molecule has 0 radical (unpaired) electrons. The van der Waals surface area contributed by atoms with Crippen molar-refractivity contribution in [3.63, 3.8) is 0 Å². The van der Waals surface area contributed by atoms with E-state index >= 15 is 0 Å². The zero-order chi connectivity index (χ0) is 13.5. The summed E-state index contributed by atoms with van der Waals surface area (Å²) in [6.45, 7) is 4.94. The molecular formula is C16H24BrNO. The molecule has 1 aliphatic rings. The van der Waals surface area contributed by atoms with Crippen molar-refractivity contribution < 1.29 is 4.74 Å². The monoisotopic (exact) mass is 325 g/mol. The fraction of sp³-hybridized carbons (Fsp3) is 0.625. The average molecular weight is 326 g/mol. The second-order valence-corrected chi connectivity index (χ2v) is 6.16. The predicted octanol–water partition coefficient (Wildman–Crippen LogP) is 4.10. The maximum absolute atomic E-state index is 5.65. The highest BCUT2D eigenvalue weighted by molar-refractivity contribution is 9.10. The molecule has 1 aromatic rings. The maximum atomic E-state index is 5.65. The van der Waals surface area contributed by atoms with Crippen molar-refractivity contribution >= 4 is 15.9 Å². The average Bonchev–Trinajstić information content (AvgIpc) is 3.23. The number of benzene rings is 1. The van der Waals surface area contributed by atoms with E-state index in [1.807, 2.05) is 0 Å². The normalized spacial score (nSPS) is 16.5. The van der Waals surface area contributed by atoms with Crippen molar-refractivity contribution in [1.29, 1.82) is 0 Å². The van der Waals surface area contributed by atoms with Gasteiger partial charge in [-0.15, -0.1) is 0 Å². The Balaban J connectivity index is 1.90. The first-order valence-electron chi connectivity index (χ1n) is 7.36. The Kier molecular flexibility index (Phi) is 6.35. The van der Waals surface area contributed by atoms with E-state index in [2.05, 4.69) is 52.4 Å². The Hall–Kier alpha value is -0.380. The molecule has 0 aromatic heterocycles. The number of ether oxygens (including phenoxy) is 1. The third-order valence-corrected chi connectivity index (χ3v) is 4.26. The maximum Gasteiger partial charge on any atom is 0.0472 e. The molecule has 2 nitrogen and oxygen atoms in total. The molecule has 0 heterocycles. The molecular weight excluding hydrogens is 302 g/mol. The van der Waals surface area contributed by atoms with Gasteiger partial charge >= 0.3 is 0 Å². The molecule has 0 saturated heterocycles. The highest BCUT2D eigenvalue weighted by atomic mass is 79.9. The first kappa shape index (κ1) is 15.0. The molecule has 2 rings (SSSR count). The first-order chi connectivity index (χ1) is 9.31. The molecule has 0 spiro atoms. The van der Waals surface area contributed by atoms with Gasteiger partial charge in [-0.3, -0.25) is 0 Å². The number of hydrogen-bond donors (Lipinski definition) is 1. The van der Waals surface area contributed by atoms with Gasteiger partial charge in [0, 0.05) is 30.3 Å². The Morgan fingerprint density at radius 2 is 2.11 bits per heavy atom. The lowest BCUT2D eigenvalue weighted by Crippen LogP contribution is -2.24. The van der Waals surface area contributed by atoms with E-state index < -0.39 is 0 Å². The van der Waals surface area contributed by atoms with Gasteiger partial charge in [-0.25, -0.2) is 0 Å². The number of halogens is 1. The highest BCUT2D eigenvalue weighted by Crippen LogP contribution is 2.28. The Morgan fingerprint density at radius 3 is 2.79 bits per heavy atom. The summed E-state index contributed by atoms with van der Waals surface area (Å²) in [5.41, 5.74) is 1.40. The smallest absolute Gasteiger partial charge is 0.0472 e. The molecule has 106 valence electrons. The first-order valence-corrected chi connectivity index (χ1v) is 8.16. The molecule has 1 atom stereocenters. The Labute approximate surface area is 125 Å². The molecule has 3 heteroatoms. The second kappa shape index (κ2) is 8.03. The lowest BCUT2D eigenvalue weighted by molar-refractivity contribution is 0.127. The molecule has 1 aliphatic carbocycles. The molecule has 1 aromatic carbocycles. The Bertz CT molecular complexity index is 379. The predicted molar refractivity (Wildman–Crippen MR) is 83.6 cm³/mol. The minimum atomic E-state index is 0.535. The van der Waals surface area contributed by atoms with Crippen LogP contribution in [-0.4, -0.2) is 25.8 Å². The fourth-order valence-corrected chi connectivity index (χ4v) is 2.85. The SMILES string of the molecule is CCCOCCC(CNC1CC1)c1ccccc1Br. The van der Waals surface area contributed by atoms with Gasteiger partial charge in [0.15, 0.2) is 0 Å². The van der Waals surface area contributed by atoms with Crippen molar-refractivity contribution in [3.8, 4) is 0 Å². The standard InChI is InChI=1S/C16H24BrNO/c1-2-10-19-11-9-13(12-18-14-7-8-14)15-5-3-4-6-16(15)17/h3-6,13-14,18H,2,7-12H2,1H3. The summed E-state index contributed by atoms with van der Waals surface area (Å²) in [4.78, 5) is 0. The quantitative estimate of drug-likeness (QED) is 0.690. The highest BCUT2D eigenvalue weighted by Gasteiger charge is 2.23. The summed E-state index contributed by atoms with van der Waals surface area (Å²) in [5.74, 6) is 0.535. The van der Waals surface area contributed by atoms with Gasteiger partial charge in [0.1, 0.15) is 0 Å². The zero-order valence-electron chi connectivity index (χ0n) is 11.7. The molecule has 0 bridgehead atoms. The number of nitrogens with one attached hydrogen (secondary N) is 1. The minimum absolute atomic E-state index is 0.535. The van der Waals surface area contributed by atoms with Crippen LogP contribution in [0.25, 0.3) is 0 Å². The number of rotatable bonds is 9. The van der Waals surface area contributed by atoms with Gasteiger partial charge in [-0.05, 0) is 43.2 Å². The van der Waals surface area contributed by atoms with E-state index in [0.717, 1.165) is 38.6 Å². The lowest BCUT2D eigenvalue weighted by atomic mass is 9.96. The molecule has 19 heavy (non-hydrogen) atoms. The molecule has 0 amide bonds. The van der Waals surface area contributed by atoms with Gasteiger partial charge in [0.25, 0.3) is 0 Å². The van der Waals surface area contributed by atoms with Gasteiger partial charge in [0.2, 0.25) is 0 Å². The van der Waals surface area contributed by atoms with Crippen LogP contribution in [0.2, 0.25) is 0 Å². The van der Waals surface area contributed by atoms with Crippen LogP contribution in [0.15, 0.2) is 28.7 Å². The van der Waals surface area contributed by atoms with Gasteiger partial charge in [0.05, 0.1) is 0 Å². The van der Waals surface area contributed by atoms with Crippen LogP contribution in [0.1, 0.15) is 44.1 Å². The van der Waals surface area contributed by atoms with Crippen LogP contribution < -0.4 is 5.32 Å².